The number of alkyl halides is 3. The molecule has 4 nitrogen and oxygen atoms in total. The third-order valence-electron chi connectivity index (χ3n) is 2.68. The molecule has 2 rings (SSSR count). The van der Waals surface area contributed by atoms with Crippen LogP contribution in [0.4, 0.5) is 13.2 Å². The molecule has 0 bridgehead atoms. The maximum atomic E-state index is 12.6. The second-order valence-corrected chi connectivity index (χ2v) is 5.24. The molecule has 0 aromatic carbocycles. The molecule has 8 heteroatoms. The summed E-state index contributed by atoms with van der Waals surface area (Å²) < 4.78 is 38.5. The third kappa shape index (κ3) is 3.94. The van der Waals surface area contributed by atoms with Crippen LogP contribution in [0, 0.1) is 0 Å². The highest BCUT2D eigenvalue weighted by Gasteiger charge is 2.34. The van der Waals surface area contributed by atoms with Gasteiger partial charge < -0.3 is 9.88 Å². The zero-order valence-corrected chi connectivity index (χ0v) is 11.5. The highest BCUT2D eigenvalue weighted by atomic mass is 32.1. The normalized spacial score (nSPS) is 11.4. The van der Waals surface area contributed by atoms with E-state index in [1.165, 1.54) is 11.3 Å². The average molecular weight is 316 g/mol. The van der Waals surface area contributed by atoms with Crippen LogP contribution in [-0.2, 0) is 24.1 Å². The van der Waals surface area contributed by atoms with Gasteiger partial charge in [0.2, 0.25) is 5.91 Å². The van der Waals surface area contributed by atoms with E-state index in [2.05, 4.69) is 5.32 Å². The Labute approximate surface area is 121 Å². The van der Waals surface area contributed by atoms with Crippen molar-refractivity contribution in [2.75, 3.05) is 0 Å². The summed E-state index contributed by atoms with van der Waals surface area (Å²) >= 11 is 1.45. The minimum atomic E-state index is -4.73. The number of nitrogens with one attached hydrogen (secondary N) is 1. The van der Waals surface area contributed by atoms with E-state index in [1.807, 2.05) is 17.5 Å². The fourth-order valence-electron chi connectivity index (χ4n) is 1.69. The number of pyridine rings is 1. The van der Waals surface area contributed by atoms with Crippen molar-refractivity contribution >= 4 is 17.2 Å². The van der Waals surface area contributed by atoms with Gasteiger partial charge in [-0.2, -0.15) is 13.2 Å². The first-order chi connectivity index (χ1) is 9.88. The molecule has 0 aliphatic heterocycles. The highest BCUT2D eigenvalue weighted by Crippen LogP contribution is 2.25. The Morgan fingerprint density at radius 3 is 2.67 bits per heavy atom. The Bertz CT molecular complexity index is 677. The van der Waals surface area contributed by atoms with Crippen LogP contribution in [0.3, 0.4) is 0 Å². The van der Waals surface area contributed by atoms with Gasteiger partial charge in [0.25, 0.3) is 5.56 Å². The molecule has 112 valence electrons. The van der Waals surface area contributed by atoms with Crippen molar-refractivity contribution < 1.29 is 18.0 Å². The molecular formula is C13H11F3N2O2S. The number of amides is 1. The molecule has 0 fully saturated rings. The third-order valence-corrected chi connectivity index (χ3v) is 3.56. The predicted octanol–water partition coefficient (Wildman–Crippen LogP) is 2.25. The molecular weight excluding hydrogens is 305 g/mol. The number of aromatic nitrogens is 1. The number of thiophene rings is 1. The predicted molar refractivity (Wildman–Crippen MR) is 71.9 cm³/mol. The summed E-state index contributed by atoms with van der Waals surface area (Å²) in [5, 5.41) is 4.40. The molecule has 0 saturated carbocycles. The summed E-state index contributed by atoms with van der Waals surface area (Å²) in [5.74, 6) is -0.523. The zero-order chi connectivity index (χ0) is 15.5. The number of nitrogens with zero attached hydrogens (tertiary/aromatic N) is 1. The molecule has 0 aliphatic rings. The van der Waals surface area contributed by atoms with Crippen LogP contribution in [0.25, 0.3) is 0 Å². The molecule has 0 spiro atoms. The molecule has 2 aromatic rings. The summed E-state index contributed by atoms with van der Waals surface area (Å²) in [6.07, 6.45) is -3.57. The van der Waals surface area contributed by atoms with Crippen molar-refractivity contribution in [2.24, 2.45) is 0 Å². The summed E-state index contributed by atoms with van der Waals surface area (Å²) in [6, 6.07) is 5.43. The second kappa shape index (κ2) is 6.13. The largest absolute Gasteiger partial charge is 0.421 e. The topological polar surface area (TPSA) is 51.1 Å². The van der Waals surface area contributed by atoms with E-state index in [-0.39, 0.29) is 6.54 Å². The number of rotatable bonds is 4. The molecule has 0 aliphatic carbocycles. The zero-order valence-electron chi connectivity index (χ0n) is 10.7. The van der Waals surface area contributed by atoms with E-state index in [9.17, 15) is 22.8 Å². The minimum absolute atomic E-state index is 0.282. The first-order valence-electron chi connectivity index (χ1n) is 5.93. The summed E-state index contributed by atoms with van der Waals surface area (Å²) in [4.78, 5) is 24.2. The van der Waals surface area contributed by atoms with E-state index in [4.69, 9.17) is 0 Å². The van der Waals surface area contributed by atoms with E-state index >= 15 is 0 Å². The van der Waals surface area contributed by atoms with E-state index in [0.717, 1.165) is 21.7 Å². The summed E-state index contributed by atoms with van der Waals surface area (Å²) in [7, 11) is 0. The molecule has 1 amide bonds. The second-order valence-electron chi connectivity index (χ2n) is 4.21. The minimum Gasteiger partial charge on any atom is -0.350 e. The van der Waals surface area contributed by atoms with Gasteiger partial charge in [-0.15, -0.1) is 11.3 Å². The van der Waals surface area contributed by atoms with E-state index < -0.39 is 29.8 Å². The van der Waals surface area contributed by atoms with Gasteiger partial charge in [0.1, 0.15) is 12.1 Å². The molecule has 2 aromatic heterocycles. The number of halogens is 3. The SMILES string of the molecule is O=C(Cn1cccc(C(F)(F)F)c1=O)NCc1cccs1. The van der Waals surface area contributed by atoms with Crippen LogP contribution in [0.5, 0.6) is 0 Å². The van der Waals surface area contributed by atoms with Crippen LogP contribution in [0.1, 0.15) is 10.4 Å². The van der Waals surface area contributed by atoms with Crippen molar-refractivity contribution in [3.05, 3.63) is 56.6 Å². The van der Waals surface area contributed by atoms with Crippen LogP contribution in [0.15, 0.2) is 40.6 Å². The quantitative estimate of drug-likeness (QED) is 0.940. The Morgan fingerprint density at radius 1 is 1.29 bits per heavy atom. The van der Waals surface area contributed by atoms with Gasteiger partial charge in [-0.1, -0.05) is 6.07 Å². The Hall–Kier alpha value is -2.09. The number of hydrogen-bond acceptors (Lipinski definition) is 3. The van der Waals surface area contributed by atoms with Crippen molar-refractivity contribution in [1.82, 2.24) is 9.88 Å². The molecule has 0 radical (unpaired) electrons. The molecule has 0 atom stereocenters. The summed E-state index contributed by atoms with van der Waals surface area (Å²) in [6.45, 7) is -0.168. The molecule has 1 N–H and O–H groups in total. The first kappa shape index (κ1) is 15.3. The van der Waals surface area contributed by atoms with Crippen molar-refractivity contribution in [3.63, 3.8) is 0 Å². The van der Waals surface area contributed by atoms with Gasteiger partial charge in [0.15, 0.2) is 0 Å². The fourth-order valence-corrected chi connectivity index (χ4v) is 2.33. The average Bonchev–Trinajstić information content (AvgIpc) is 2.90. The van der Waals surface area contributed by atoms with Gasteiger partial charge in [-0.3, -0.25) is 9.59 Å². The Morgan fingerprint density at radius 2 is 2.05 bits per heavy atom. The fraction of sp³-hybridized carbons (Fsp3) is 0.231. The lowest BCUT2D eigenvalue weighted by molar-refractivity contribution is -0.139. The van der Waals surface area contributed by atoms with Crippen LogP contribution in [-0.4, -0.2) is 10.5 Å². The number of hydrogen-bond donors (Lipinski definition) is 1. The summed E-state index contributed by atoms with van der Waals surface area (Å²) in [5.41, 5.74) is -2.51. The van der Waals surface area contributed by atoms with Crippen LogP contribution >= 0.6 is 11.3 Å². The number of carbonyl (C=O) groups is 1. The standard InChI is InChI=1S/C13H11F3N2O2S/c14-13(15,16)10-4-1-5-18(12(10)20)8-11(19)17-7-9-3-2-6-21-9/h1-6H,7-8H2,(H,17,19). The molecule has 0 unspecified atom stereocenters. The van der Waals surface area contributed by atoms with Gasteiger partial charge in [-0.25, -0.2) is 0 Å². The lowest BCUT2D eigenvalue weighted by Crippen LogP contribution is -2.34. The van der Waals surface area contributed by atoms with Gasteiger partial charge >= 0.3 is 6.18 Å². The molecule has 2 heterocycles. The Balaban J connectivity index is 2.06. The van der Waals surface area contributed by atoms with Gasteiger partial charge in [0.05, 0.1) is 6.54 Å². The van der Waals surface area contributed by atoms with E-state index in [1.54, 1.807) is 0 Å². The van der Waals surface area contributed by atoms with Gasteiger partial charge in [0, 0.05) is 11.1 Å². The maximum Gasteiger partial charge on any atom is 0.421 e. The lowest BCUT2D eigenvalue weighted by atomic mass is 10.2. The van der Waals surface area contributed by atoms with Crippen LogP contribution < -0.4 is 10.9 Å². The van der Waals surface area contributed by atoms with E-state index in [0.29, 0.717) is 6.07 Å². The van der Waals surface area contributed by atoms with Crippen molar-refractivity contribution in [1.29, 1.82) is 0 Å². The molecule has 21 heavy (non-hydrogen) atoms. The molecule has 0 saturated heterocycles. The lowest BCUT2D eigenvalue weighted by Gasteiger charge is -2.10. The Kier molecular flexibility index (Phi) is 4.46. The maximum absolute atomic E-state index is 12.6. The van der Waals surface area contributed by atoms with Gasteiger partial charge in [-0.05, 0) is 23.6 Å². The monoisotopic (exact) mass is 316 g/mol. The first-order valence-corrected chi connectivity index (χ1v) is 6.81. The smallest absolute Gasteiger partial charge is 0.350 e. The number of carbonyl (C=O) groups excluding carboxylic acids is 1. The van der Waals surface area contributed by atoms with Crippen molar-refractivity contribution in [3.8, 4) is 0 Å². The van der Waals surface area contributed by atoms with Crippen molar-refractivity contribution in [2.45, 2.75) is 19.3 Å². The van der Waals surface area contributed by atoms with Crippen LogP contribution in [0.2, 0.25) is 0 Å². The highest BCUT2D eigenvalue weighted by molar-refractivity contribution is 7.09.